The Bertz CT molecular complexity index is 449. The maximum atomic E-state index is 13.4. The quantitative estimate of drug-likeness (QED) is 0.750. The highest BCUT2D eigenvalue weighted by atomic mass is 19.1. The van der Waals surface area contributed by atoms with Crippen LogP contribution in [0.2, 0.25) is 0 Å². The molecule has 0 saturated heterocycles. The second-order valence-electron chi connectivity index (χ2n) is 5.42. The Morgan fingerprint density at radius 2 is 2.10 bits per heavy atom. The first kappa shape index (κ1) is 16.4. The summed E-state index contributed by atoms with van der Waals surface area (Å²) in [6.07, 6.45) is 0.711. The molecule has 3 N–H and O–H groups in total. The zero-order valence-electron chi connectivity index (χ0n) is 12.2. The SMILES string of the molecule is Cc1ccc(CNC(=O)NC(CO)CC(C)C)cc1F. The lowest BCUT2D eigenvalue weighted by atomic mass is 10.0. The van der Waals surface area contributed by atoms with Crippen molar-refractivity contribution >= 4 is 6.03 Å². The van der Waals surface area contributed by atoms with E-state index >= 15 is 0 Å². The number of benzene rings is 1. The van der Waals surface area contributed by atoms with Crippen molar-refractivity contribution in [1.29, 1.82) is 0 Å². The molecule has 1 unspecified atom stereocenters. The molecule has 1 rings (SSSR count). The summed E-state index contributed by atoms with van der Waals surface area (Å²) in [6, 6.07) is 4.25. The number of halogens is 1. The molecule has 0 aliphatic rings. The number of nitrogens with one attached hydrogen (secondary N) is 2. The van der Waals surface area contributed by atoms with Crippen LogP contribution in [-0.4, -0.2) is 23.8 Å². The standard InChI is InChI=1S/C15H23FN2O2/c1-10(2)6-13(9-19)18-15(20)17-8-12-5-4-11(3)14(16)7-12/h4-5,7,10,13,19H,6,8-9H2,1-3H3,(H2,17,18,20). The molecule has 0 spiro atoms. The van der Waals surface area contributed by atoms with E-state index in [0.717, 1.165) is 0 Å². The largest absolute Gasteiger partial charge is 0.394 e. The Hall–Kier alpha value is -1.62. The van der Waals surface area contributed by atoms with Crippen LogP contribution < -0.4 is 10.6 Å². The molecule has 1 atom stereocenters. The van der Waals surface area contributed by atoms with E-state index in [9.17, 15) is 14.3 Å². The van der Waals surface area contributed by atoms with Gasteiger partial charge in [0, 0.05) is 6.54 Å². The number of urea groups is 1. The molecule has 4 nitrogen and oxygen atoms in total. The summed E-state index contributed by atoms with van der Waals surface area (Å²) in [6.45, 7) is 5.90. The van der Waals surface area contributed by atoms with Crippen molar-refractivity contribution in [2.24, 2.45) is 5.92 Å². The molecule has 5 heteroatoms. The maximum absolute atomic E-state index is 13.4. The van der Waals surface area contributed by atoms with E-state index in [-0.39, 0.29) is 31.0 Å². The van der Waals surface area contributed by atoms with Crippen LogP contribution >= 0.6 is 0 Å². The second kappa shape index (κ2) is 7.85. The summed E-state index contributed by atoms with van der Waals surface area (Å²) in [5.41, 5.74) is 1.28. The summed E-state index contributed by atoms with van der Waals surface area (Å²) in [5.74, 6) is 0.108. The summed E-state index contributed by atoms with van der Waals surface area (Å²) in [5, 5.41) is 14.5. The molecule has 2 amide bonds. The fourth-order valence-corrected chi connectivity index (χ4v) is 1.91. The van der Waals surface area contributed by atoms with Gasteiger partial charge in [0.2, 0.25) is 0 Å². The lowest BCUT2D eigenvalue weighted by Crippen LogP contribution is -2.44. The Labute approximate surface area is 119 Å². The Kier molecular flexibility index (Phi) is 6.45. The lowest BCUT2D eigenvalue weighted by molar-refractivity contribution is 0.206. The first-order valence-electron chi connectivity index (χ1n) is 6.82. The second-order valence-corrected chi connectivity index (χ2v) is 5.42. The van der Waals surface area contributed by atoms with Gasteiger partial charge in [0.05, 0.1) is 12.6 Å². The van der Waals surface area contributed by atoms with E-state index in [1.165, 1.54) is 6.07 Å². The van der Waals surface area contributed by atoms with Crippen LogP contribution in [0.1, 0.15) is 31.4 Å². The van der Waals surface area contributed by atoms with Gasteiger partial charge in [-0.3, -0.25) is 0 Å². The van der Waals surface area contributed by atoms with Gasteiger partial charge in [0.15, 0.2) is 0 Å². The first-order valence-corrected chi connectivity index (χ1v) is 6.82. The smallest absolute Gasteiger partial charge is 0.315 e. The number of carbonyl (C=O) groups excluding carboxylic acids is 1. The van der Waals surface area contributed by atoms with E-state index in [1.54, 1.807) is 19.1 Å². The molecule has 0 bridgehead atoms. The number of rotatable bonds is 6. The third-order valence-corrected chi connectivity index (χ3v) is 3.00. The Morgan fingerprint density at radius 1 is 1.40 bits per heavy atom. The van der Waals surface area contributed by atoms with Crippen molar-refractivity contribution in [3.8, 4) is 0 Å². The molecule has 0 radical (unpaired) electrons. The summed E-state index contributed by atoms with van der Waals surface area (Å²) in [4.78, 5) is 11.7. The van der Waals surface area contributed by atoms with Gasteiger partial charge in [-0.15, -0.1) is 0 Å². The fourth-order valence-electron chi connectivity index (χ4n) is 1.91. The lowest BCUT2D eigenvalue weighted by Gasteiger charge is -2.18. The molecule has 1 aromatic carbocycles. The highest BCUT2D eigenvalue weighted by Crippen LogP contribution is 2.09. The van der Waals surface area contributed by atoms with E-state index in [0.29, 0.717) is 23.5 Å². The predicted octanol–water partition coefficient (Wildman–Crippen LogP) is 2.34. The fraction of sp³-hybridized carbons (Fsp3) is 0.533. The van der Waals surface area contributed by atoms with Crippen LogP contribution in [0.4, 0.5) is 9.18 Å². The van der Waals surface area contributed by atoms with Crippen LogP contribution in [0.15, 0.2) is 18.2 Å². The zero-order chi connectivity index (χ0) is 15.1. The topological polar surface area (TPSA) is 61.4 Å². The van der Waals surface area contributed by atoms with Crippen molar-refractivity contribution in [3.05, 3.63) is 35.1 Å². The Morgan fingerprint density at radius 3 is 2.65 bits per heavy atom. The van der Waals surface area contributed by atoms with E-state index < -0.39 is 0 Å². The third-order valence-electron chi connectivity index (χ3n) is 3.00. The zero-order valence-corrected chi connectivity index (χ0v) is 12.2. The number of aliphatic hydroxyl groups is 1. The minimum Gasteiger partial charge on any atom is -0.394 e. The minimum absolute atomic E-state index is 0.0925. The van der Waals surface area contributed by atoms with Crippen molar-refractivity contribution in [2.75, 3.05) is 6.61 Å². The van der Waals surface area contributed by atoms with Crippen molar-refractivity contribution < 1.29 is 14.3 Å². The van der Waals surface area contributed by atoms with Gasteiger partial charge in [0.25, 0.3) is 0 Å². The summed E-state index contributed by atoms with van der Waals surface area (Å²) >= 11 is 0. The Balaban J connectivity index is 2.44. The summed E-state index contributed by atoms with van der Waals surface area (Å²) < 4.78 is 13.4. The van der Waals surface area contributed by atoms with Crippen LogP contribution in [-0.2, 0) is 6.54 Å². The van der Waals surface area contributed by atoms with Crippen molar-refractivity contribution in [2.45, 2.75) is 39.8 Å². The van der Waals surface area contributed by atoms with Gasteiger partial charge in [-0.2, -0.15) is 0 Å². The first-order chi connectivity index (χ1) is 9.42. The van der Waals surface area contributed by atoms with E-state index in [1.807, 2.05) is 13.8 Å². The average molecular weight is 282 g/mol. The van der Waals surface area contributed by atoms with Crippen LogP contribution in [0, 0.1) is 18.7 Å². The predicted molar refractivity (Wildman–Crippen MR) is 76.8 cm³/mol. The molecule has 0 fully saturated rings. The highest BCUT2D eigenvalue weighted by molar-refractivity contribution is 5.74. The normalized spacial score (nSPS) is 12.3. The molecule has 0 aliphatic heterocycles. The van der Waals surface area contributed by atoms with E-state index in [2.05, 4.69) is 10.6 Å². The minimum atomic E-state index is -0.356. The van der Waals surface area contributed by atoms with Gasteiger partial charge < -0.3 is 15.7 Å². The van der Waals surface area contributed by atoms with Crippen molar-refractivity contribution in [1.82, 2.24) is 10.6 Å². The van der Waals surface area contributed by atoms with Gasteiger partial charge in [0.1, 0.15) is 5.82 Å². The van der Waals surface area contributed by atoms with Gasteiger partial charge in [-0.05, 0) is 36.5 Å². The molecule has 0 aromatic heterocycles. The number of aliphatic hydroxyl groups excluding tert-OH is 1. The molecule has 1 aromatic rings. The molecule has 0 heterocycles. The number of aryl methyl sites for hydroxylation is 1. The van der Waals surface area contributed by atoms with Gasteiger partial charge in [-0.1, -0.05) is 26.0 Å². The average Bonchev–Trinajstić information content (AvgIpc) is 2.39. The van der Waals surface area contributed by atoms with Crippen LogP contribution in [0.5, 0.6) is 0 Å². The van der Waals surface area contributed by atoms with Crippen molar-refractivity contribution in [3.63, 3.8) is 0 Å². The number of amides is 2. The highest BCUT2D eigenvalue weighted by Gasteiger charge is 2.12. The van der Waals surface area contributed by atoms with Gasteiger partial charge in [-0.25, -0.2) is 9.18 Å². The van der Waals surface area contributed by atoms with Crippen LogP contribution in [0.3, 0.4) is 0 Å². The number of hydrogen-bond acceptors (Lipinski definition) is 2. The number of carbonyl (C=O) groups is 1. The maximum Gasteiger partial charge on any atom is 0.315 e. The van der Waals surface area contributed by atoms with Gasteiger partial charge >= 0.3 is 6.03 Å². The van der Waals surface area contributed by atoms with Crippen LogP contribution in [0.25, 0.3) is 0 Å². The summed E-state index contributed by atoms with van der Waals surface area (Å²) in [7, 11) is 0. The molecule has 0 aliphatic carbocycles. The molecule has 112 valence electrons. The molecule has 20 heavy (non-hydrogen) atoms. The monoisotopic (exact) mass is 282 g/mol. The molecular formula is C15H23FN2O2. The molecular weight excluding hydrogens is 259 g/mol. The number of hydrogen-bond donors (Lipinski definition) is 3. The molecule has 0 saturated carbocycles. The third kappa shape index (κ3) is 5.57. The van der Waals surface area contributed by atoms with E-state index in [4.69, 9.17) is 0 Å².